The number of anilines is 1. The number of carbonyl (C=O) groups excluding carboxylic acids is 2. The third-order valence-electron chi connectivity index (χ3n) is 4.66. The Labute approximate surface area is 127 Å². The average molecular weight is 300 g/mol. The van der Waals surface area contributed by atoms with Crippen molar-refractivity contribution in [1.82, 2.24) is 0 Å². The van der Waals surface area contributed by atoms with E-state index in [2.05, 4.69) is 0 Å². The van der Waals surface area contributed by atoms with Gasteiger partial charge in [-0.25, -0.2) is 4.90 Å². The van der Waals surface area contributed by atoms with Crippen molar-refractivity contribution in [3.63, 3.8) is 0 Å². The number of para-hydroxylation sites is 2. The summed E-state index contributed by atoms with van der Waals surface area (Å²) in [6.07, 6.45) is 1.11. The standard InChI is InChI=1S/C16H16N2O4/c1-9-7-11-12(8-10(9)2)16(20)17(15(11)19)13-5-3-4-6-14(13)18(21)22/h3-6,11-12H,7-8H2,1-2H3/t11-,12+. The highest BCUT2D eigenvalue weighted by Gasteiger charge is 2.50. The molecular weight excluding hydrogens is 284 g/mol. The van der Waals surface area contributed by atoms with Crippen LogP contribution in [0.5, 0.6) is 0 Å². The van der Waals surface area contributed by atoms with Crippen molar-refractivity contribution in [2.75, 3.05) is 4.90 Å². The lowest BCUT2D eigenvalue weighted by Crippen LogP contribution is -2.31. The number of nitrogens with zero attached hydrogens (tertiary/aromatic N) is 2. The summed E-state index contributed by atoms with van der Waals surface area (Å²) in [6.45, 7) is 3.94. The highest BCUT2D eigenvalue weighted by Crippen LogP contribution is 2.43. The van der Waals surface area contributed by atoms with Crippen LogP contribution in [0.15, 0.2) is 35.4 Å². The summed E-state index contributed by atoms with van der Waals surface area (Å²) in [4.78, 5) is 36.9. The largest absolute Gasteiger partial charge is 0.293 e. The van der Waals surface area contributed by atoms with Gasteiger partial charge < -0.3 is 0 Å². The summed E-state index contributed by atoms with van der Waals surface area (Å²) < 4.78 is 0. The number of allylic oxidation sites excluding steroid dienone is 2. The molecule has 22 heavy (non-hydrogen) atoms. The van der Waals surface area contributed by atoms with Gasteiger partial charge in [-0.2, -0.15) is 0 Å². The quantitative estimate of drug-likeness (QED) is 0.364. The molecule has 6 nitrogen and oxygen atoms in total. The van der Waals surface area contributed by atoms with Gasteiger partial charge in [0.25, 0.3) is 5.69 Å². The number of carbonyl (C=O) groups is 2. The van der Waals surface area contributed by atoms with Crippen molar-refractivity contribution in [3.05, 3.63) is 45.5 Å². The zero-order chi connectivity index (χ0) is 16.0. The van der Waals surface area contributed by atoms with Crippen LogP contribution in [0.1, 0.15) is 26.7 Å². The highest BCUT2D eigenvalue weighted by molar-refractivity contribution is 6.23. The third kappa shape index (κ3) is 2.03. The maximum Gasteiger partial charge on any atom is 0.293 e. The Bertz CT molecular complexity index is 691. The van der Waals surface area contributed by atoms with E-state index in [9.17, 15) is 19.7 Å². The van der Waals surface area contributed by atoms with E-state index in [0.29, 0.717) is 12.8 Å². The zero-order valence-electron chi connectivity index (χ0n) is 12.4. The van der Waals surface area contributed by atoms with E-state index in [1.807, 2.05) is 13.8 Å². The molecule has 0 unspecified atom stereocenters. The van der Waals surface area contributed by atoms with E-state index in [4.69, 9.17) is 0 Å². The number of rotatable bonds is 2. The van der Waals surface area contributed by atoms with Crippen LogP contribution < -0.4 is 4.90 Å². The molecule has 2 aliphatic rings. The van der Waals surface area contributed by atoms with E-state index in [1.165, 1.54) is 18.2 Å². The average Bonchev–Trinajstić information content (AvgIpc) is 2.71. The SMILES string of the molecule is CC1=C(C)C[C@H]2C(=O)N(c3ccccc3[N+](=O)[O-])C(=O)[C@H]2C1. The molecule has 0 radical (unpaired) electrons. The molecule has 0 spiro atoms. The van der Waals surface area contributed by atoms with Gasteiger partial charge in [0.15, 0.2) is 0 Å². The predicted octanol–water partition coefficient (Wildman–Crippen LogP) is 2.83. The van der Waals surface area contributed by atoms with Gasteiger partial charge in [0.05, 0.1) is 16.8 Å². The lowest BCUT2D eigenvalue weighted by molar-refractivity contribution is -0.384. The summed E-state index contributed by atoms with van der Waals surface area (Å²) >= 11 is 0. The lowest BCUT2D eigenvalue weighted by atomic mass is 9.78. The topological polar surface area (TPSA) is 80.5 Å². The van der Waals surface area contributed by atoms with Crippen molar-refractivity contribution in [2.45, 2.75) is 26.7 Å². The van der Waals surface area contributed by atoms with Crippen molar-refractivity contribution in [1.29, 1.82) is 0 Å². The Morgan fingerprint density at radius 3 is 2.05 bits per heavy atom. The summed E-state index contributed by atoms with van der Waals surface area (Å²) in [5.41, 5.74) is 2.12. The Hall–Kier alpha value is -2.50. The van der Waals surface area contributed by atoms with Crippen molar-refractivity contribution < 1.29 is 14.5 Å². The van der Waals surface area contributed by atoms with E-state index in [-0.39, 0.29) is 23.2 Å². The number of imide groups is 1. The second-order valence-corrected chi connectivity index (χ2v) is 5.94. The first-order valence-corrected chi connectivity index (χ1v) is 7.18. The van der Waals surface area contributed by atoms with Gasteiger partial charge in [-0.1, -0.05) is 23.3 Å². The molecule has 2 amide bonds. The summed E-state index contributed by atoms with van der Waals surface area (Å²) in [6, 6.07) is 5.89. The maximum absolute atomic E-state index is 12.6. The summed E-state index contributed by atoms with van der Waals surface area (Å²) in [5, 5.41) is 11.2. The van der Waals surface area contributed by atoms with Crippen LogP contribution in [0.3, 0.4) is 0 Å². The molecule has 1 saturated heterocycles. The molecule has 2 atom stereocenters. The van der Waals surface area contributed by atoms with Gasteiger partial charge in [-0.05, 0) is 32.8 Å². The number of hydrogen-bond donors (Lipinski definition) is 0. The molecule has 1 aliphatic carbocycles. The third-order valence-corrected chi connectivity index (χ3v) is 4.66. The van der Waals surface area contributed by atoms with Crippen LogP contribution in [0.25, 0.3) is 0 Å². The monoisotopic (exact) mass is 300 g/mol. The van der Waals surface area contributed by atoms with Gasteiger partial charge >= 0.3 is 0 Å². The molecule has 0 bridgehead atoms. The van der Waals surface area contributed by atoms with Crippen molar-refractivity contribution in [2.24, 2.45) is 11.8 Å². The Morgan fingerprint density at radius 2 is 1.55 bits per heavy atom. The smallest absolute Gasteiger partial charge is 0.274 e. The normalized spacial score (nSPS) is 24.7. The molecule has 1 fully saturated rings. The fourth-order valence-electron chi connectivity index (χ4n) is 3.30. The summed E-state index contributed by atoms with van der Waals surface area (Å²) in [7, 11) is 0. The Balaban J connectivity index is 2.04. The van der Waals surface area contributed by atoms with E-state index in [0.717, 1.165) is 16.0 Å². The molecule has 114 valence electrons. The highest BCUT2D eigenvalue weighted by atomic mass is 16.6. The number of hydrogen-bond acceptors (Lipinski definition) is 4. The fourth-order valence-corrected chi connectivity index (χ4v) is 3.30. The molecule has 0 saturated carbocycles. The van der Waals surface area contributed by atoms with Crippen LogP contribution in [0.4, 0.5) is 11.4 Å². The molecule has 0 N–H and O–H groups in total. The van der Waals surface area contributed by atoms with E-state index >= 15 is 0 Å². The Kier molecular flexibility index (Phi) is 3.31. The minimum absolute atomic E-state index is 0.0761. The van der Waals surface area contributed by atoms with Crippen molar-refractivity contribution >= 4 is 23.2 Å². The number of nitro groups is 1. The van der Waals surface area contributed by atoms with Gasteiger partial charge in [-0.15, -0.1) is 0 Å². The molecule has 1 aliphatic heterocycles. The second kappa shape index (κ2) is 5.05. The first-order valence-electron chi connectivity index (χ1n) is 7.18. The van der Waals surface area contributed by atoms with Crippen LogP contribution in [0, 0.1) is 22.0 Å². The molecule has 1 aromatic rings. The van der Waals surface area contributed by atoms with Crippen LogP contribution in [-0.2, 0) is 9.59 Å². The van der Waals surface area contributed by atoms with E-state index < -0.39 is 16.8 Å². The van der Waals surface area contributed by atoms with Gasteiger partial charge in [0.2, 0.25) is 11.8 Å². The number of amides is 2. The second-order valence-electron chi connectivity index (χ2n) is 5.94. The lowest BCUT2D eigenvalue weighted by Gasteiger charge is -2.23. The molecular formula is C16H16N2O4. The van der Waals surface area contributed by atoms with Crippen molar-refractivity contribution in [3.8, 4) is 0 Å². The zero-order valence-corrected chi connectivity index (χ0v) is 12.4. The van der Waals surface area contributed by atoms with Crippen LogP contribution >= 0.6 is 0 Å². The minimum Gasteiger partial charge on any atom is -0.274 e. The summed E-state index contributed by atoms with van der Waals surface area (Å²) in [5.74, 6) is -1.43. The predicted molar refractivity (Wildman–Crippen MR) is 80.2 cm³/mol. The van der Waals surface area contributed by atoms with Crippen LogP contribution in [0.2, 0.25) is 0 Å². The van der Waals surface area contributed by atoms with Gasteiger partial charge in [0.1, 0.15) is 5.69 Å². The molecule has 1 aromatic carbocycles. The van der Waals surface area contributed by atoms with Gasteiger partial charge in [-0.3, -0.25) is 19.7 Å². The number of benzene rings is 1. The molecule has 6 heteroatoms. The number of nitro benzene ring substituents is 1. The van der Waals surface area contributed by atoms with Crippen LogP contribution in [-0.4, -0.2) is 16.7 Å². The maximum atomic E-state index is 12.6. The minimum atomic E-state index is -0.563. The molecule has 0 aromatic heterocycles. The number of fused-ring (bicyclic) bond motifs is 1. The first-order chi connectivity index (χ1) is 10.4. The van der Waals surface area contributed by atoms with E-state index in [1.54, 1.807) is 6.07 Å². The molecule has 3 rings (SSSR count). The fraction of sp³-hybridized carbons (Fsp3) is 0.375. The first kappa shape index (κ1) is 14.4. The Morgan fingerprint density at radius 1 is 1.05 bits per heavy atom. The van der Waals surface area contributed by atoms with Gasteiger partial charge in [0, 0.05) is 6.07 Å². The molecule has 1 heterocycles.